The van der Waals surface area contributed by atoms with Crippen molar-refractivity contribution in [2.75, 3.05) is 0 Å². The van der Waals surface area contributed by atoms with Crippen molar-refractivity contribution in [2.24, 2.45) is 0 Å². The largest absolute Gasteiger partial charge is 0.198 e. The molecule has 64 valence electrons. The lowest BCUT2D eigenvalue weighted by Crippen LogP contribution is -1.80. The van der Waals surface area contributed by atoms with Crippen LogP contribution in [-0.2, 0) is 6.42 Å². The highest BCUT2D eigenvalue weighted by Crippen LogP contribution is 2.30. The molecule has 2 rings (SSSR count). The molecule has 0 amide bonds. The van der Waals surface area contributed by atoms with Gasteiger partial charge in [0.15, 0.2) is 0 Å². The predicted molar refractivity (Wildman–Crippen MR) is 55.9 cm³/mol. The highest BCUT2D eigenvalue weighted by molar-refractivity contribution is 7.19. The zero-order chi connectivity index (χ0) is 9.26. The van der Waals surface area contributed by atoms with E-state index in [-0.39, 0.29) is 0 Å². The van der Waals surface area contributed by atoms with Crippen molar-refractivity contribution < 1.29 is 0 Å². The third kappa shape index (κ3) is 1.32. The molecule has 0 aliphatic carbocycles. The standard InChI is InChI=1S/C11H9NS/c1-8-9(6-7-12)10-4-2-3-5-11(10)13-8/h2-5H,6H2,1H3. The van der Waals surface area contributed by atoms with Gasteiger partial charge in [-0.25, -0.2) is 0 Å². The summed E-state index contributed by atoms with van der Waals surface area (Å²) in [5.74, 6) is 0. The number of aryl methyl sites for hydroxylation is 1. The number of rotatable bonds is 1. The molecule has 13 heavy (non-hydrogen) atoms. The number of nitrogens with zero attached hydrogens (tertiary/aromatic N) is 1. The highest BCUT2D eigenvalue weighted by atomic mass is 32.1. The maximum Gasteiger partial charge on any atom is 0.0670 e. The van der Waals surface area contributed by atoms with Crippen LogP contribution in [0.1, 0.15) is 10.4 Å². The van der Waals surface area contributed by atoms with Gasteiger partial charge < -0.3 is 0 Å². The lowest BCUT2D eigenvalue weighted by molar-refractivity contribution is 1.27. The molecule has 1 aromatic carbocycles. The van der Waals surface area contributed by atoms with Crippen LogP contribution in [0.3, 0.4) is 0 Å². The van der Waals surface area contributed by atoms with Gasteiger partial charge in [0.1, 0.15) is 0 Å². The van der Waals surface area contributed by atoms with Gasteiger partial charge in [-0.15, -0.1) is 11.3 Å². The van der Waals surface area contributed by atoms with Gasteiger partial charge in [-0.1, -0.05) is 18.2 Å². The number of thiophene rings is 1. The molecule has 1 nitrogen and oxygen atoms in total. The molecule has 1 heterocycles. The zero-order valence-corrected chi connectivity index (χ0v) is 8.19. The fraction of sp³-hybridized carbons (Fsp3) is 0.182. The molecule has 2 heteroatoms. The van der Waals surface area contributed by atoms with E-state index in [1.807, 2.05) is 12.1 Å². The quantitative estimate of drug-likeness (QED) is 0.672. The van der Waals surface area contributed by atoms with Crippen LogP contribution in [0.5, 0.6) is 0 Å². The summed E-state index contributed by atoms with van der Waals surface area (Å²) in [6.45, 7) is 2.08. The first kappa shape index (κ1) is 8.28. The molecule has 1 aromatic heterocycles. The van der Waals surface area contributed by atoms with Crippen LogP contribution < -0.4 is 0 Å². The number of hydrogen-bond donors (Lipinski definition) is 0. The van der Waals surface area contributed by atoms with E-state index in [4.69, 9.17) is 5.26 Å². The summed E-state index contributed by atoms with van der Waals surface area (Å²) in [5.41, 5.74) is 1.20. The lowest BCUT2D eigenvalue weighted by Gasteiger charge is -1.92. The molecule has 0 unspecified atom stereocenters. The van der Waals surface area contributed by atoms with Crippen molar-refractivity contribution in [1.82, 2.24) is 0 Å². The lowest BCUT2D eigenvalue weighted by atomic mass is 10.1. The highest BCUT2D eigenvalue weighted by Gasteiger charge is 2.06. The summed E-state index contributed by atoms with van der Waals surface area (Å²) >= 11 is 1.77. The second kappa shape index (κ2) is 3.20. The van der Waals surface area contributed by atoms with Gasteiger partial charge in [-0.05, 0) is 23.9 Å². The van der Waals surface area contributed by atoms with Crippen LogP contribution in [0, 0.1) is 18.3 Å². The van der Waals surface area contributed by atoms with Gasteiger partial charge in [-0.2, -0.15) is 5.26 Å². The molecule has 0 atom stereocenters. The van der Waals surface area contributed by atoms with Crippen molar-refractivity contribution in [3.63, 3.8) is 0 Å². The summed E-state index contributed by atoms with van der Waals surface area (Å²) in [6, 6.07) is 10.5. The summed E-state index contributed by atoms with van der Waals surface area (Å²) in [4.78, 5) is 1.27. The molecule has 0 N–H and O–H groups in total. The van der Waals surface area contributed by atoms with Gasteiger partial charge in [0.05, 0.1) is 12.5 Å². The molecule has 2 aromatic rings. The number of benzene rings is 1. The number of hydrogen-bond acceptors (Lipinski definition) is 2. The van der Waals surface area contributed by atoms with Crippen LogP contribution in [0.25, 0.3) is 10.1 Å². The zero-order valence-electron chi connectivity index (χ0n) is 7.37. The SMILES string of the molecule is Cc1sc2ccccc2c1CC#N. The van der Waals surface area contributed by atoms with Crippen LogP contribution in [0.2, 0.25) is 0 Å². The van der Waals surface area contributed by atoms with Crippen LogP contribution >= 0.6 is 11.3 Å². The minimum atomic E-state index is 0.524. The van der Waals surface area contributed by atoms with E-state index < -0.39 is 0 Å². The maximum absolute atomic E-state index is 8.68. The minimum Gasteiger partial charge on any atom is -0.198 e. The van der Waals surface area contributed by atoms with Crippen molar-refractivity contribution in [1.29, 1.82) is 5.26 Å². The molecule has 0 aliphatic heterocycles. The molecule has 0 saturated carbocycles. The van der Waals surface area contributed by atoms with Crippen molar-refractivity contribution in [3.8, 4) is 6.07 Å². The Kier molecular flexibility index (Phi) is 2.03. The third-order valence-electron chi connectivity index (χ3n) is 2.16. The van der Waals surface area contributed by atoms with Crippen LogP contribution in [0.15, 0.2) is 24.3 Å². The first-order chi connectivity index (χ1) is 6.33. The monoisotopic (exact) mass is 187 g/mol. The summed E-state index contributed by atoms with van der Waals surface area (Å²) < 4.78 is 1.28. The number of nitriles is 1. The van der Waals surface area contributed by atoms with Crippen LogP contribution in [-0.4, -0.2) is 0 Å². The molecule has 0 radical (unpaired) electrons. The topological polar surface area (TPSA) is 23.8 Å². The first-order valence-electron chi connectivity index (χ1n) is 4.17. The Morgan fingerprint density at radius 3 is 2.92 bits per heavy atom. The summed E-state index contributed by atoms with van der Waals surface area (Å²) in [6.07, 6.45) is 0.524. The summed E-state index contributed by atoms with van der Waals surface area (Å²) in [7, 11) is 0. The second-order valence-corrected chi connectivity index (χ2v) is 4.22. The van der Waals surface area contributed by atoms with E-state index in [1.54, 1.807) is 11.3 Å². The van der Waals surface area contributed by atoms with Gasteiger partial charge in [0, 0.05) is 9.58 Å². The van der Waals surface area contributed by atoms with Gasteiger partial charge in [-0.3, -0.25) is 0 Å². The van der Waals surface area contributed by atoms with E-state index in [9.17, 15) is 0 Å². The van der Waals surface area contributed by atoms with Gasteiger partial charge >= 0.3 is 0 Å². The number of fused-ring (bicyclic) bond motifs is 1. The Bertz CT molecular complexity index is 476. The molecular formula is C11H9NS. The Balaban J connectivity index is 2.73. The Hall–Kier alpha value is -1.33. The van der Waals surface area contributed by atoms with Crippen molar-refractivity contribution in [3.05, 3.63) is 34.7 Å². The second-order valence-electron chi connectivity index (χ2n) is 2.97. The van der Waals surface area contributed by atoms with Crippen LogP contribution in [0.4, 0.5) is 0 Å². The summed E-state index contributed by atoms with van der Waals surface area (Å²) in [5, 5.41) is 9.92. The Morgan fingerprint density at radius 1 is 1.38 bits per heavy atom. The molecule has 0 saturated heterocycles. The molecule has 0 aliphatic rings. The van der Waals surface area contributed by atoms with E-state index in [0.29, 0.717) is 6.42 Å². The average molecular weight is 187 g/mol. The third-order valence-corrected chi connectivity index (χ3v) is 3.28. The Morgan fingerprint density at radius 2 is 2.15 bits per heavy atom. The van der Waals surface area contributed by atoms with Crippen molar-refractivity contribution in [2.45, 2.75) is 13.3 Å². The first-order valence-corrected chi connectivity index (χ1v) is 4.98. The van der Waals surface area contributed by atoms with E-state index in [0.717, 1.165) is 0 Å². The predicted octanol–water partition coefficient (Wildman–Crippen LogP) is 3.28. The maximum atomic E-state index is 8.68. The molecule has 0 fully saturated rings. The van der Waals surface area contributed by atoms with Gasteiger partial charge in [0.25, 0.3) is 0 Å². The fourth-order valence-electron chi connectivity index (χ4n) is 1.52. The smallest absolute Gasteiger partial charge is 0.0670 e. The minimum absolute atomic E-state index is 0.524. The normalized spacial score (nSPS) is 10.2. The van der Waals surface area contributed by atoms with Crippen molar-refractivity contribution >= 4 is 21.4 Å². The Labute approximate surface area is 81.2 Å². The van der Waals surface area contributed by atoms with E-state index in [1.165, 1.54) is 20.5 Å². The molecule has 0 bridgehead atoms. The van der Waals surface area contributed by atoms with E-state index in [2.05, 4.69) is 25.1 Å². The van der Waals surface area contributed by atoms with E-state index >= 15 is 0 Å². The average Bonchev–Trinajstić information content (AvgIpc) is 2.44. The van der Waals surface area contributed by atoms with Gasteiger partial charge in [0.2, 0.25) is 0 Å². The fourth-order valence-corrected chi connectivity index (χ4v) is 2.60. The molecule has 0 spiro atoms. The molecular weight excluding hydrogens is 178 g/mol.